The molecule has 3 rings (SSSR count). The minimum absolute atomic E-state index is 0.137. The zero-order valence-electron chi connectivity index (χ0n) is 12.7. The Hall–Kier alpha value is -2.19. The summed E-state index contributed by atoms with van der Waals surface area (Å²) in [4.78, 5) is 19.8. The lowest BCUT2D eigenvalue weighted by molar-refractivity contribution is 0.0996. The second-order valence-corrected chi connectivity index (χ2v) is 6.56. The number of amides is 1. The molecule has 1 fully saturated rings. The van der Waals surface area contributed by atoms with Crippen molar-refractivity contribution in [2.75, 3.05) is 10.6 Å². The maximum atomic E-state index is 11.6. The Bertz CT molecular complexity index is 675. The predicted octanol–water partition coefficient (Wildman–Crippen LogP) is 2.06. The Morgan fingerprint density at radius 1 is 1.30 bits per heavy atom. The molecule has 2 aromatic rings. The van der Waals surface area contributed by atoms with E-state index in [1.54, 1.807) is 17.9 Å². The number of aromatic nitrogens is 2. The van der Waals surface area contributed by atoms with Gasteiger partial charge in [0, 0.05) is 12.1 Å². The molecule has 7 nitrogen and oxygen atoms in total. The van der Waals surface area contributed by atoms with Crippen LogP contribution in [0.3, 0.4) is 0 Å². The average molecular weight is 332 g/mol. The fourth-order valence-electron chi connectivity index (χ4n) is 2.80. The number of rotatable bonds is 5. The van der Waals surface area contributed by atoms with Gasteiger partial charge in [-0.2, -0.15) is 0 Å². The molecule has 0 bridgehead atoms. The summed E-state index contributed by atoms with van der Waals surface area (Å²) in [5.74, 6) is -0.571. The van der Waals surface area contributed by atoms with Crippen molar-refractivity contribution in [3.63, 3.8) is 0 Å². The highest BCUT2D eigenvalue weighted by Gasteiger charge is 2.22. The number of nitrogens with zero attached hydrogens (tertiary/aromatic N) is 2. The summed E-state index contributed by atoms with van der Waals surface area (Å²) in [6.45, 7) is 0. The van der Waals surface area contributed by atoms with E-state index in [4.69, 9.17) is 11.5 Å². The SMILES string of the molecule is NC(=O)c1ncc(N[C@@H]2CCCC[C@@H]2N)cc1Nc1cncs1. The van der Waals surface area contributed by atoms with Crippen LogP contribution in [0.5, 0.6) is 0 Å². The average Bonchev–Trinajstić information content (AvgIpc) is 3.02. The number of hydrogen-bond acceptors (Lipinski definition) is 7. The van der Waals surface area contributed by atoms with E-state index in [9.17, 15) is 4.79 Å². The number of pyridine rings is 1. The molecule has 0 unspecified atom stereocenters. The summed E-state index contributed by atoms with van der Waals surface area (Å²) in [6, 6.07) is 2.20. The number of nitrogens with two attached hydrogens (primary N) is 2. The number of hydrogen-bond donors (Lipinski definition) is 4. The van der Waals surface area contributed by atoms with Gasteiger partial charge in [-0.3, -0.25) is 9.78 Å². The summed E-state index contributed by atoms with van der Waals surface area (Å²) in [6.07, 6.45) is 7.72. The predicted molar refractivity (Wildman–Crippen MR) is 92.0 cm³/mol. The highest BCUT2D eigenvalue weighted by atomic mass is 32.1. The van der Waals surface area contributed by atoms with E-state index in [1.165, 1.54) is 24.2 Å². The van der Waals surface area contributed by atoms with E-state index in [1.807, 2.05) is 6.07 Å². The van der Waals surface area contributed by atoms with Crippen molar-refractivity contribution in [3.8, 4) is 0 Å². The van der Waals surface area contributed by atoms with Crippen LogP contribution >= 0.6 is 11.3 Å². The van der Waals surface area contributed by atoms with E-state index in [0.717, 1.165) is 23.5 Å². The monoisotopic (exact) mass is 332 g/mol. The van der Waals surface area contributed by atoms with Gasteiger partial charge in [0.05, 0.1) is 29.3 Å². The van der Waals surface area contributed by atoms with Crippen molar-refractivity contribution in [2.45, 2.75) is 37.8 Å². The second-order valence-electron chi connectivity index (χ2n) is 5.67. The molecule has 1 aliphatic carbocycles. The van der Waals surface area contributed by atoms with E-state index < -0.39 is 5.91 Å². The van der Waals surface area contributed by atoms with Crippen molar-refractivity contribution in [1.29, 1.82) is 0 Å². The molecule has 2 atom stereocenters. The largest absolute Gasteiger partial charge is 0.379 e. The Balaban J connectivity index is 1.82. The molecule has 2 heterocycles. The van der Waals surface area contributed by atoms with Crippen LogP contribution < -0.4 is 22.1 Å². The molecule has 1 saturated carbocycles. The summed E-state index contributed by atoms with van der Waals surface area (Å²) < 4.78 is 0. The molecule has 23 heavy (non-hydrogen) atoms. The van der Waals surface area contributed by atoms with Crippen LogP contribution in [0.15, 0.2) is 24.0 Å². The van der Waals surface area contributed by atoms with Crippen molar-refractivity contribution < 1.29 is 4.79 Å². The maximum absolute atomic E-state index is 11.6. The van der Waals surface area contributed by atoms with Crippen molar-refractivity contribution in [2.24, 2.45) is 11.5 Å². The van der Waals surface area contributed by atoms with Crippen molar-refractivity contribution >= 4 is 33.6 Å². The third-order valence-corrected chi connectivity index (χ3v) is 4.67. The van der Waals surface area contributed by atoms with Crippen LogP contribution in [-0.2, 0) is 0 Å². The fraction of sp³-hybridized carbons (Fsp3) is 0.400. The molecule has 0 saturated heterocycles. The van der Waals surface area contributed by atoms with Crippen LogP contribution in [0, 0.1) is 0 Å². The highest BCUT2D eigenvalue weighted by Crippen LogP contribution is 2.27. The van der Waals surface area contributed by atoms with Crippen LogP contribution in [0.2, 0.25) is 0 Å². The van der Waals surface area contributed by atoms with Gasteiger partial charge in [0.25, 0.3) is 5.91 Å². The molecule has 0 spiro atoms. The number of carbonyl (C=O) groups excluding carboxylic acids is 1. The zero-order valence-corrected chi connectivity index (χ0v) is 13.5. The molecule has 1 amide bonds. The molecule has 0 aliphatic heterocycles. The molecule has 0 radical (unpaired) electrons. The van der Waals surface area contributed by atoms with E-state index in [0.29, 0.717) is 5.69 Å². The van der Waals surface area contributed by atoms with Gasteiger partial charge in [-0.05, 0) is 18.9 Å². The molecule has 1 aliphatic rings. The molecule has 8 heteroatoms. The zero-order chi connectivity index (χ0) is 16.2. The lowest BCUT2D eigenvalue weighted by atomic mass is 9.91. The first-order chi connectivity index (χ1) is 11.1. The van der Waals surface area contributed by atoms with Gasteiger partial charge in [-0.25, -0.2) is 4.98 Å². The summed E-state index contributed by atoms with van der Waals surface area (Å²) in [5.41, 5.74) is 14.9. The molecule has 6 N–H and O–H groups in total. The number of anilines is 3. The first-order valence-electron chi connectivity index (χ1n) is 7.61. The van der Waals surface area contributed by atoms with Gasteiger partial charge in [-0.1, -0.05) is 12.8 Å². The van der Waals surface area contributed by atoms with E-state index in [-0.39, 0.29) is 17.8 Å². The lowest BCUT2D eigenvalue weighted by Crippen LogP contribution is -2.42. The summed E-state index contributed by atoms with van der Waals surface area (Å²) in [7, 11) is 0. The van der Waals surface area contributed by atoms with Gasteiger partial charge in [-0.15, -0.1) is 11.3 Å². The quantitative estimate of drug-likeness (QED) is 0.665. The normalized spacial score (nSPS) is 20.9. The number of primary amides is 1. The molecule has 122 valence electrons. The minimum Gasteiger partial charge on any atom is -0.379 e. The molecular weight excluding hydrogens is 312 g/mol. The summed E-state index contributed by atoms with van der Waals surface area (Å²) >= 11 is 1.44. The van der Waals surface area contributed by atoms with Gasteiger partial charge in [0.15, 0.2) is 5.69 Å². The fourth-order valence-corrected chi connectivity index (χ4v) is 3.32. The van der Waals surface area contributed by atoms with Crippen LogP contribution in [-0.4, -0.2) is 28.0 Å². The Morgan fingerprint density at radius 3 is 2.83 bits per heavy atom. The second kappa shape index (κ2) is 6.93. The lowest BCUT2D eigenvalue weighted by Gasteiger charge is -2.30. The maximum Gasteiger partial charge on any atom is 0.269 e. The third kappa shape index (κ3) is 3.77. The number of nitrogens with one attached hydrogen (secondary N) is 2. The Morgan fingerprint density at radius 2 is 2.13 bits per heavy atom. The first-order valence-corrected chi connectivity index (χ1v) is 8.49. The third-order valence-electron chi connectivity index (χ3n) is 3.98. The van der Waals surface area contributed by atoms with E-state index >= 15 is 0 Å². The van der Waals surface area contributed by atoms with Gasteiger partial charge < -0.3 is 22.1 Å². The van der Waals surface area contributed by atoms with Crippen LogP contribution in [0.1, 0.15) is 36.2 Å². The smallest absolute Gasteiger partial charge is 0.269 e. The van der Waals surface area contributed by atoms with Crippen LogP contribution in [0.25, 0.3) is 0 Å². The van der Waals surface area contributed by atoms with Gasteiger partial charge >= 0.3 is 0 Å². The van der Waals surface area contributed by atoms with Gasteiger partial charge in [0.2, 0.25) is 0 Å². The Kier molecular flexibility index (Phi) is 4.73. The number of thiazole rings is 1. The summed E-state index contributed by atoms with van der Waals surface area (Å²) in [5, 5.41) is 7.39. The first kappa shape index (κ1) is 15.7. The number of carbonyl (C=O) groups is 1. The molecular formula is C15H20N6OS. The molecule has 2 aromatic heterocycles. The van der Waals surface area contributed by atoms with Crippen molar-refractivity contribution in [3.05, 3.63) is 29.7 Å². The standard InChI is InChI=1S/C15H20N6OS/c16-10-3-1-2-4-11(10)20-9-5-12(14(15(17)22)19-6-9)21-13-7-18-8-23-13/h5-8,10-11,20-21H,1-4,16H2,(H2,17,22)/t10-,11+/m0/s1. The van der Waals surface area contributed by atoms with Gasteiger partial charge in [0.1, 0.15) is 5.00 Å². The Labute approximate surface area is 138 Å². The van der Waals surface area contributed by atoms with Crippen molar-refractivity contribution in [1.82, 2.24) is 9.97 Å². The van der Waals surface area contributed by atoms with Crippen LogP contribution in [0.4, 0.5) is 16.4 Å². The minimum atomic E-state index is -0.571. The van der Waals surface area contributed by atoms with E-state index in [2.05, 4.69) is 20.6 Å². The highest BCUT2D eigenvalue weighted by molar-refractivity contribution is 7.13. The topological polar surface area (TPSA) is 119 Å². The molecule has 0 aromatic carbocycles.